The summed E-state index contributed by atoms with van der Waals surface area (Å²) in [5.74, 6) is 1.86. The molecule has 2 aromatic heterocycles. The monoisotopic (exact) mass is 758 g/mol. The normalized spacial score (nSPS) is 14.4. The molecule has 3 heterocycles. The molecule has 0 radical (unpaired) electrons. The van der Waals surface area contributed by atoms with Gasteiger partial charge in [0, 0.05) is 38.4 Å². The molecule has 1 aliphatic rings. The number of rotatable bonds is 23. The molecule has 56 heavy (non-hydrogen) atoms. The lowest BCUT2D eigenvalue weighted by Gasteiger charge is -2.37. The number of hydrogen-bond donors (Lipinski definition) is 0. The fourth-order valence-electron chi connectivity index (χ4n) is 6.54. The molecule has 296 valence electrons. The highest BCUT2D eigenvalue weighted by Gasteiger charge is 2.27. The van der Waals surface area contributed by atoms with Crippen molar-refractivity contribution in [1.82, 2.24) is 19.5 Å². The number of anilines is 2. The number of allylic oxidation sites excluding steroid dienone is 12. The van der Waals surface area contributed by atoms with Crippen molar-refractivity contribution in [2.24, 2.45) is 0 Å². The third-order valence-corrected chi connectivity index (χ3v) is 9.66. The van der Waals surface area contributed by atoms with Gasteiger partial charge in [0.25, 0.3) is 0 Å². The fraction of sp³-hybridized carbons (Fsp3) is 0.383. The molecule has 8 nitrogen and oxygen atoms in total. The summed E-state index contributed by atoms with van der Waals surface area (Å²) in [7, 11) is 2.05. The zero-order valence-electron chi connectivity index (χ0n) is 33.3. The summed E-state index contributed by atoms with van der Waals surface area (Å²) < 4.78 is 27.4. The first-order valence-electron chi connectivity index (χ1n) is 20.2. The van der Waals surface area contributed by atoms with Crippen LogP contribution in [-0.4, -0.2) is 59.1 Å². The van der Waals surface area contributed by atoms with E-state index in [1.54, 1.807) is 12.3 Å². The Morgan fingerprint density at radius 2 is 1.39 bits per heavy atom. The predicted molar refractivity (Wildman–Crippen MR) is 230 cm³/mol. The van der Waals surface area contributed by atoms with Crippen molar-refractivity contribution in [1.29, 1.82) is 0 Å². The zero-order chi connectivity index (χ0) is 39.0. The Bertz CT molecular complexity index is 1900. The summed E-state index contributed by atoms with van der Waals surface area (Å²) in [5, 5.41) is 0. The molecule has 0 aliphatic carbocycles. The minimum absolute atomic E-state index is 0.154. The van der Waals surface area contributed by atoms with E-state index in [2.05, 4.69) is 117 Å². The van der Waals surface area contributed by atoms with Gasteiger partial charge >= 0.3 is 0 Å². The number of imidazole rings is 1. The number of ether oxygens (including phenoxy) is 2. The summed E-state index contributed by atoms with van der Waals surface area (Å²) in [6, 6.07) is 17.0. The van der Waals surface area contributed by atoms with Crippen LogP contribution in [0.2, 0.25) is 0 Å². The third-order valence-electron chi connectivity index (χ3n) is 9.66. The Hall–Kier alpha value is -5.28. The van der Waals surface area contributed by atoms with Crippen molar-refractivity contribution in [2.75, 3.05) is 43.3 Å². The van der Waals surface area contributed by atoms with Gasteiger partial charge in [-0.25, -0.2) is 14.4 Å². The van der Waals surface area contributed by atoms with Crippen LogP contribution >= 0.6 is 0 Å². The van der Waals surface area contributed by atoms with E-state index in [0.717, 1.165) is 99.8 Å². The summed E-state index contributed by atoms with van der Waals surface area (Å²) >= 11 is 0. The second-order valence-corrected chi connectivity index (χ2v) is 13.9. The second-order valence-electron chi connectivity index (χ2n) is 13.9. The van der Waals surface area contributed by atoms with Crippen molar-refractivity contribution >= 4 is 22.9 Å². The Balaban J connectivity index is 0.942. The first-order valence-corrected chi connectivity index (χ1v) is 20.2. The number of benzene rings is 2. The van der Waals surface area contributed by atoms with Gasteiger partial charge in [-0.15, -0.1) is 0 Å². The Kier molecular flexibility index (Phi) is 18.2. The van der Waals surface area contributed by atoms with Gasteiger partial charge in [0.05, 0.1) is 24.2 Å². The topological polar surface area (TPSA) is 68.5 Å². The Labute approximate surface area is 333 Å². The van der Waals surface area contributed by atoms with Crippen molar-refractivity contribution in [3.05, 3.63) is 145 Å². The molecule has 9 heteroatoms. The van der Waals surface area contributed by atoms with Gasteiger partial charge in [-0.3, -0.25) is 0 Å². The molecule has 0 saturated carbocycles. The zero-order valence-corrected chi connectivity index (χ0v) is 33.3. The van der Waals surface area contributed by atoms with Gasteiger partial charge in [-0.2, -0.15) is 4.98 Å². The maximum absolute atomic E-state index is 13.6. The molecule has 0 amide bonds. The van der Waals surface area contributed by atoms with Crippen molar-refractivity contribution in [3.8, 4) is 5.88 Å². The molecule has 1 fully saturated rings. The number of halogens is 1. The molecule has 0 atom stereocenters. The molecule has 5 rings (SSSR count). The summed E-state index contributed by atoms with van der Waals surface area (Å²) in [4.78, 5) is 18.7. The van der Waals surface area contributed by atoms with Gasteiger partial charge in [0.1, 0.15) is 5.82 Å². The highest BCUT2D eigenvalue weighted by Crippen LogP contribution is 2.28. The molecular formula is C47H59FN6O2. The molecule has 0 spiro atoms. The smallest absolute Gasteiger partial charge is 0.228 e. The van der Waals surface area contributed by atoms with Crippen LogP contribution in [-0.2, 0) is 11.3 Å². The molecule has 1 saturated heterocycles. The lowest BCUT2D eigenvalue weighted by Crippen LogP contribution is -2.44. The minimum Gasteiger partial charge on any atom is -0.450 e. The van der Waals surface area contributed by atoms with Crippen LogP contribution in [0.1, 0.15) is 76.7 Å². The van der Waals surface area contributed by atoms with Crippen LogP contribution in [0.5, 0.6) is 5.88 Å². The van der Waals surface area contributed by atoms with E-state index in [1.807, 2.05) is 30.3 Å². The molecule has 0 N–H and O–H groups in total. The first kappa shape index (κ1) is 41.9. The van der Waals surface area contributed by atoms with E-state index in [9.17, 15) is 4.39 Å². The van der Waals surface area contributed by atoms with Crippen molar-refractivity contribution < 1.29 is 13.9 Å². The number of para-hydroxylation sites is 2. The van der Waals surface area contributed by atoms with Crippen LogP contribution in [0.4, 0.5) is 16.3 Å². The summed E-state index contributed by atoms with van der Waals surface area (Å²) in [6.07, 6.45) is 38.2. The summed E-state index contributed by atoms with van der Waals surface area (Å²) in [5.41, 5.74) is 3.07. The second kappa shape index (κ2) is 24.3. The van der Waals surface area contributed by atoms with E-state index in [-0.39, 0.29) is 18.7 Å². The fourth-order valence-corrected chi connectivity index (χ4v) is 6.54. The molecular weight excluding hydrogens is 700 g/mol. The Morgan fingerprint density at radius 1 is 0.768 bits per heavy atom. The predicted octanol–water partition coefficient (Wildman–Crippen LogP) is 10.9. The van der Waals surface area contributed by atoms with E-state index in [0.29, 0.717) is 25.0 Å². The van der Waals surface area contributed by atoms with Crippen LogP contribution in [0.25, 0.3) is 11.0 Å². The van der Waals surface area contributed by atoms with Crippen LogP contribution in [0.3, 0.4) is 0 Å². The van der Waals surface area contributed by atoms with Gasteiger partial charge in [-0.05, 0) is 94.0 Å². The largest absolute Gasteiger partial charge is 0.450 e. The molecule has 4 aromatic rings. The number of aromatic nitrogens is 4. The SMILES string of the molecule is CC/C=C\C/C=C\C/C=C\C/C=C\C/C=C\C/C=C\CCCOCOc1ccnc(N(C)C2CCN(c3nc4ccccc4n3Cc3ccc(F)cc3)CC2)n1. The van der Waals surface area contributed by atoms with Gasteiger partial charge in [0.2, 0.25) is 17.8 Å². The van der Waals surface area contributed by atoms with Gasteiger partial charge < -0.3 is 23.8 Å². The quantitative estimate of drug-likeness (QED) is 0.0424. The summed E-state index contributed by atoms with van der Waals surface area (Å²) in [6.45, 7) is 5.27. The molecule has 1 aliphatic heterocycles. The van der Waals surface area contributed by atoms with Crippen molar-refractivity contribution in [3.63, 3.8) is 0 Å². The number of nitrogens with zero attached hydrogens (tertiary/aromatic N) is 6. The average molecular weight is 759 g/mol. The highest BCUT2D eigenvalue weighted by atomic mass is 19.1. The molecule has 2 aromatic carbocycles. The number of fused-ring (bicyclic) bond motifs is 1. The van der Waals surface area contributed by atoms with Gasteiger partial charge in [-0.1, -0.05) is 104 Å². The number of piperidine rings is 1. The average Bonchev–Trinajstić information content (AvgIpc) is 3.59. The minimum atomic E-state index is -0.228. The van der Waals surface area contributed by atoms with E-state index < -0.39 is 0 Å². The lowest BCUT2D eigenvalue weighted by molar-refractivity contribution is 0.0119. The highest BCUT2D eigenvalue weighted by molar-refractivity contribution is 5.79. The standard InChI is InChI=1S/C47H59FN6O2/c1-3-4-5-6-7-8-9-10-11-12-13-14-15-16-17-18-19-20-21-24-37-55-39-56-45-31-34-49-46(51-45)52(2)42-32-35-53(36-33-42)47-50-43-25-22-23-26-44(43)54(47)38-40-27-29-41(48)30-28-40/h4-5,7-8,10-11,13-14,16-17,19-20,22-23,25-31,34,42H,3,6,9,12,15,18,21,24,32-33,35-39H2,1-2H3/b5-4-,8-7-,11-10-,14-13-,17-16-,20-19-. The Morgan fingerprint density at radius 3 is 2.05 bits per heavy atom. The maximum atomic E-state index is 13.6. The van der Waals surface area contributed by atoms with Crippen LogP contribution in [0.15, 0.2) is 134 Å². The van der Waals surface area contributed by atoms with Gasteiger partial charge in [0.15, 0.2) is 6.79 Å². The van der Waals surface area contributed by atoms with E-state index in [4.69, 9.17) is 14.5 Å². The van der Waals surface area contributed by atoms with Crippen LogP contribution in [0, 0.1) is 5.82 Å². The van der Waals surface area contributed by atoms with E-state index in [1.165, 1.54) is 12.1 Å². The molecule has 0 unspecified atom stereocenters. The maximum Gasteiger partial charge on any atom is 0.228 e. The van der Waals surface area contributed by atoms with Crippen LogP contribution < -0.4 is 14.5 Å². The lowest BCUT2D eigenvalue weighted by atomic mass is 10.0. The first-order chi connectivity index (χ1) is 27.6. The van der Waals surface area contributed by atoms with Crippen molar-refractivity contribution in [2.45, 2.75) is 83.7 Å². The number of hydrogen-bond acceptors (Lipinski definition) is 7. The molecule has 0 bridgehead atoms. The third kappa shape index (κ3) is 14.1. The number of unbranched alkanes of at least 4 members (excludes halogenated alkanes) is 1. The van der Waals surface area contributed by atoms with E-state index >= 15 is 0 Å².